The van der Waals surface area contributed by atoms with E-state index in [0.29, 0.717) is 0 Å². The molecule has 7 heteroatoms. The summed E-state index contributed by atoms with van der Waals surface area (Å²) in [5, 5.41) is 4.31. The van der Waals surface area contributed by atoms with Crippen molar-refractivity contribution in [3.63, 3.8) is 0 Å². The predicted molar refractivity (Wildman–Crippen MR) is 81.2 cm³/mol. The highest BCUT2D eigenvalue weighted by Crippen LogP contribution is 2.14. The number of imide groups is 1. The van der Waals surface area contributed by atoms with Gasteiger partial charge in [0.2, 0.25) is 5.91 Å². The Hall–Kier alpha value is -1.44. The second-order valence-electron chi connectivity index (χ2n) is 5.05. The van der Waals surface area contributed by atoms with Crippen LogP contribution in [-0.2, 0) is 16.1 Å². The highest BCUT2D eigenvalue weighted by Gasteiger charge is 2.26. The molecule has 0 saturated carbocycles. The van der Waals surface area contributed by atoms with Gasteiger partial charge in [-0.2, -0.15) is 0 Å². The molecule has 0 aromatic carbocycles. The molecular formula is C14H21N3O3S. The van der Waals surface area contributed by atoms with Crippen molar-refractivity contribution in [1.29, 1.82) is 0 Å². The second-order valence-corrected chi connectivity index (χ2v) is 6.08. The number of nitrogens with one attached hydrogen (secondary N) is 1. The van der Waals surface area contributed by atoms with E-state index in [1.807, 2.05) is 6.92 Å². The van der Waals surface area contributed by atoms with E-state index in [1.54, 1.807) is 11.3 Å². The SMILES string of the molecule is COC(=O)NC(=O)[C@H](C)N1CCN(Cc2cccs2)CC1. The maximum Gasteiger partial charge on any atom is 0.413 e. The molecule has 1 saturated heterocycles. The lowest BCUT2D eigenvalue weighted by atomic mass is 10.2. The van der Waals surface area contributed by atoms with E-state index in [2.05, 4.69) is 37.4 Å². The Morgan fingerprint density at radius 1 is 1.38 bits per heavy atom. The summed E-state index contributed by atoms with van der Waals surface area (Å²) in [4.78, 5) is 28.8. The maximum atomic E-state index is 11.9. The molecule has 1 atom stereocenters. The van der Waals surface area contributed by atoms with Crippen molar-refractivity contribution in [3.8, 4) is 0 Å². The van der Waals surface area contributed by atoms with E-state index >= 15 is 0 Å². The zero-order valence-corrected chi connectivity index (χ0v) is 13.2. The number of amides is 2. The van der Waals surface area contributed by atoms with E-state index in [1.165, 1.54) is 12.0 Å². The van der Waals surface area contributed by atoms with Crippen molar-refractivity contribution in [3.05, 3.63) is 22.4 Å². The summed E-state index contributed by atoms with van der Waals surface area (Å²) in [6, 6.07) is 3.88. The lowest BCUT2D eigenvalue weighted by molar-refractivity contribution is -0.125. The quantitative estimate of drug-likeness (QED) is 0.903. The van der Waals surface area contributed by atoms with Gasteiger partial charge in [0, 0.05) is 37.6 Å². The number of rotatable bonds is 4. The zero-order valence-electron chi connectivity index (χ0n) is 12.4. The van der Waals surface area contributed by atoms with Crippen LogP contribution < -0.4 is 5.32 Å². The molecule has 116 valence electrons. The minimum atomic E-state index is -0.705. The van der Waals surface area contributed by atoms with E-state index in [9.17, 15) is 9.59 Å². The average molecular weight is 311 g/mol. The van der Waals surface area contributed by atoms with Gasteiger partial charge in [-0.25, -0.2) is 4.79 Å². The van der Waals surface area contributed by atoms with Gasteiger partial charge < -0.3 is 4.74 Å². The van der Waals surface area contributed by atoms with Crippen LogP contribution in [0.25, 0.3) is 0 Å². The minimum absolute atomic E-state index is 0.312. The Labute approximate surface area is 128 Å². The lowest BCUT2D eigenvalue weighted by Crippen LogP contribution is -2.54. The molecule has 21 heavy (non-hydrogen) atoms. The first-order valence-corrected chi connectivity index (χ1v) is 7.85. The molecule has 0 radical (unpaired) electrons. The van der Waals surface area contributed by atoms with Crippen molar-refractivity contribution >= 4 is 23.3 Å². The highest BCUT2D eigenvalue weighted by atomic mass is 32.1. The number of carbonyl (C=O) groups excluding carboxylic acids is 2. The van der Waals surface area contributed by atoms with Crippen LogP contribution in [0.2, 0.25) is 0 Å². The van der Waals surface area contributed by atoms with E-state index in [0.717, 1.165) is 32.7 Å². The first-order valence-electron chi connectivity index (χ1n) is 6.97. The van der Waals surface area contributed by atoms with Gasteiger partial charge in [0.05, 0.1) is 13.2 Å². The Balaban J connectivity index is 1.77. The van der Waals surface area contributed by atoms with E-state index in [4.69, 9.17) is 0 Å². The van der Waals surface area contributed by atoms with Gasteiger partial charge in [-0.3, -0.25) is 19.9 Å². The van der Waals surface area contributed by atoms with E-state index < -0.39 is 6.09 Å². The molecule has 6 nitrogen and oxygen atoms in total. The monoisotopic (exact) mass is 311 g/mol. The largest absolute Gasteiger partial charge is 0.453 e. The van der Waals surface area contributed by atoms with Crippen LogP contribution in [0.15, 0.2) is 17.5 Å². The molecule has 1 aliphatic rings. The van der Waals surface area contributed by atoms with Crippen LogP contribution in [0.3, 0.4) is 0 Å². The first-order chi connectivity index (χ1) is 10.1. The molecule has 1 aliphatic heterocycles. The molecule has 0 unspecified atom stereocenters. The van der Waals surface area contributed by atoms with Crippen molar-refractivity contribution in [2.75, 3.05) is 33.3 Å². The molecule has 2 amide bonds. The molecular weight excluding hydrogens is 290 g/mol. The molecule has 1 aromatic rings. The lowest BCUT2D eigenvalue weighted by Gasteiger charge is -2.37. The smallest absolute Gasteiger partial charge is 0.413 e. The van der Waals surface area contributed by atoms with Gasteiger partial charge in [0.1, 0.15) is 0 Å². The fourth-order valence-electron chi connectivity index (χ4n) is 2.35. The van der Waals surface area contributed by atoms with Gasteiger partial charge in [-0.1, -0.05) is 6.07 Å². The number of alkyl carbamates (subject to hydrolysis) is 1. The summed E-state index contributed by atoms with van der Waals surface area (Å²) in [5.74, 6) is -0.312. The second kappa shape index (κ2) is 7.53. The van der Waals surface area contributed by atoms with Gasteiger partial charge in [0.25, 0.3) is 0 Å². The molecule has 1 fully saturated rings. The topological polar surface area (TPSA) is 61.9 Å². The van der Waals surface area contributed by atoms with Crippen LogP contribution >= 0.6 is 11.3 Å². The van der Waals surface area contributed by atoms with Gasteiger partial charge in [-0.15, -0.1) is 11.3 Å². The summed E-state index contributed by atoms with van der Waals surface area (Å²) in [7, 11) is 1.25. The maximum absolute atomic E-state index is 11.9. The Morgan fingerprint density at radius 3 is 2.67 bits per heavy atom. The number of hydrogen-bond acceptors (Lipinski definition) is 6. The molecule has 2 rings (SSSR count). The van der Waals surface area contributed by atoms with E-state index in [-0.39, 0.29) is 11.9 Å². The van der Waals surface area contributed by atoms with Crippen LogP contribution in [0.4, 0.5) is 4.79 Å². The molecule has 0 aliphatic carbocycles. The van der Waals surface area contributed by atoms with Gasteiger partial charge in [-0.05, 0) is 18.4 Å². The van der Waals surface area contributed by atoms with Crippen molar-refractivity contribution in [2.24, 2.45) is 0 Å². The highest BCUT2D eigenvalue weighted by molar-refractivity contribution is 7.09. The Morgan fingerprint density at radius 2 is 2.10 bits per heavy atom. The Bertz CT molecular complexity index is 470. The average Bonchev–Trinajstić information content (AvgIpc) is 3.00. The molecule has 0 spiro atoms. The number of hydrogen-bond donors (Lipinski definition) is 1. The summed E-state index contributed by atoms with van der Waals surface area (Å²) in [5.41, 5.74) is 0. The third kappa shape index (κ3) is 4.52. The van der Waals surface area contributed by atoms with Crippen LogP contribution in [0.1, 0.15) is 11.8 Å². The first kappa shape index (κ1) is 15.9. The third-order valence-electron chi connectivity index (χ3n) is 3.70. The van der Waals surface area contributed by atoms with Crippen LogP contribution in [0.5, 0.6) is 0 Å². The summed E-state index contributed by atoms with van der Waals surface area (Å²) in [6.45, 7) is 6.27. The van der Waals surface area contributed by atoms with Crippen molar-refractivity contribution in [2.45, 2.75) is 19.5 Å². The van der Waals surface area contributed by atoms with Crippen molar-refractivity contribution in [1.82, 2.24) is 15.1 Å². The standard InChI is InChI=1S/C14H21N3O3S/c1-11(13(18)15-14(19)20-2)17-7-5-16(6-8-17)10-12-4-3-9-21-12/h3-4,9,11H,5-8,10H2,1-2H3,(H,15,18,19)/t11-/m0/s1. The number of piperazine rings is 1. The normalized spacial score (nSPS) is 18.2. The molecule has 1 N–H and O–H groups in total. The third-order valence-corrected chi connectivity index (χ3v) is 4.57. The minimum Gasteiger partial charge on any atom is -0.453 e. The van der Waals surface area contributed by atoms with Crippen LogP contribution in [-0.4, -0.2) is 61.1 Å². The fraction of sp³-hybridized carbons (Fsp3) is 0.571. The van der Waals surface area contributed by atoms with Gasteiger partial charge >= 0.3 is 6.09 Å². The van der Waals surface area contributed by atoms with Crippen LogP contribution in [0, 0.1) is 0 Å². The number of carbonyl (C=O) groups is 2. The molecule has 2 heterocycles. The summed E-state index contributed by atoms with van der Waals surface area (Å²) >= 11 is 1.77. The van der Waals surface area contributed by atoms with Gasteiger partial charge in [0.15, 0.2) is 0 Å². The molecule has 0 bridgehead atoms. The molecule has 1 aromatic heterocycles. The predicted octanol–water partition coefficient (Wildman–Crippen LogP) is 1.14. The summed E-state index contributed by atoms with van der Waals surface area (Å²) in [6.07, 6.45) is -0.705. The number of thiophene rings is 1. The Kier molecular flexibility index (Phi) is 5.72. The zero-order chi connectivity index (χ0) is 15.2. The van der Waals surface area contributed by atoms with Crippen molar-refractivity contribution < 1.29 is 14.3 Å². The number of ether oxygens (including phenoxy) is 1. The fourth-order valence-corrected chi connectivity index (χ4v) is 3.10. The number of methoxy groups -OCH3 is 1. The number of nitrogens with zero attached hydrogens (tertiary/aromatic N) is 2. The summed E-state index contributed by atoms with van der Waals surface area (Å²) < 4.78 is 4.44.